The highest BCUT2D eigenvalue weighted by Gasteiger charge is 1.90. The predicted molar refractivity (Wildman–Crippen MR) is 132 cm³/mol. The van der Waals surface area contributed by atoms with Crippen molar-refractivity contribution in [3.8, 4) is 0 Å². The van der Waals surface area contributed by atoms with E-state index in [9.17, 15) is 0 Å². The van der Waals surface area contributed by atoms with Crippen LogP contribution in [0.4, 0.5) is 0 Å². The van der Waals surface area contributed by atoms with Gasteiger partial charge in [0.1, 0.15) is 0 Å². The Bertz CT molecular complexity index is 213. The first-order chi connectivity index (χ1) is 14.7. The average molecular weight is 460 g/mol. The Balaban J connectivity index is -0.000000188. The van der Waals surface area contributed by atoms with Crippen molar-refractivity contribution in [2.75, 3.05) is 85.9 Å². The Labute approximate surface area is 192 Å². The van der Waals surface area contributed by atoms with Crippen LogP contribution in [0.15, 0.2) is 0 Å². The number of hydrogen-bond donors (Lipinski definition) is 4. The second-order valence-corrected chi connectivity index (χ2v) is 6.65. The number of alkyl halides is 1. The highest BCUT2D eigenvalue weighted by atomic mass is 35.5. The number of hydrogen-bond acceptors (Lipinski definition) is 7. The fraction of sp³-hybridized carbons (Fsp3) is 1.00. The second-order valence-electron chi connectivity index (χ2n) is 6.12. The predicted octanol–water partition coefficient (Wildman–Crippen LogP) is 3.02. The molecule has 0 aromatic heterocycles. The van der Waals surface area contributed by atoms with Crippen LogP contribution in [0.2, 0.25) is 0 Å². The summed E-state index contributed by atoms with van der Waals surface area (Å²) in [5.41, 5.74) is 5.33. The lowest BCUT2D eigenvalue weighted by molar-refractivity contribution is 0.0816. The molecule has 0 saturated heterocycles. The van der Waals surface area contributed by atoms with E-state index in [1.54, 1.807) is 0 Å². The Kier molecular flexibility index (Phi) is 58.5. The minimum atomic E-state index is 0.709. The molecule has 0 aliphatic heterocycles. The third-order valence-corrected chi connectivity index (χ3v) is 3.32. The summed E-state index contributed by atoms with van der Waals surface area (Å²) in [6, 6.07) is 0. The van der Waals surface area contributed by atoms with E-state index in [0.29, 0.717) is 6.54 Å². The van der Waals surface area contributed by atoms with E-state index in [2.05, 4.69) is 24.5 Å². The molecule has 5 N–H and O–H groups in total. The lowest BCUT2D eigenvalue weighted by atomic mass is 10.4. The van der Waals surface area contributed by atoms with Crippen LogP contribution in [0, 0.1) is 0 Å². The van der Waals surface area contributed by atoms with Gasteiger partial charge in [0.25, 0.3) is 0 Å². The monoisotopic (exact) mass is 459 g/mol. The van der Waals surface area contributed by atoms with Gasteiger partial charge in [-0.3, -0.25) is 0 Å². The first-order valence-electron chi connectivity index (χ1n) is 11.5. The van der Waals surface area contributed by atoms with Crippen molar-refractivity contribution >= 4 is 11.6 Å². The highest BCUT2D eigenvalue weighted by molar-refractivity contribution is 6.17. The van der Waals surface area contributed by atoms with E-state index < -0.39 is 0 Å². The minimum Gasteiger partial charge on any atom is -0.400 e. The largest absolute Gasteiger partial charge is 0.400 e. The van der Waals surface area contributed by atoms with Gasteiger partial charge in [-0.05, 0) is 65.3 Å². The minimum absolute atomic E-state index is 0.709. The summed E-state index contributed by atoms with van der Waals surface area (Å²) in [5.74, 6) is 0.722. The van der Waals surface area contributed by atoms with Gasteiger partial charge in [-0.2, -0.15) is 0 Å². The standard InChI is InChI=1S/C10H24N2O2.C9H21NO.C2H5Cl.CH4O/c1-12-6-3-8-14-10-4-9-13-7-2-5-11;1-3-5-8-11-9-6-7-10-4-2;1-2-3;1-2/h12H,2-11H2,1H3;10H,3-9H2,1-2H3;2H2,1H3;2H,1H3. The lowest BCUT2D eigenvalue weighted by Gasteiger charge is -2.04. The zero-order valence-corrected chi connectivity index (χ0v) is 21.4. The number of halogens is 1. The van der Waals surface area contributed by atoms with Gasteiger partial charge in [-0.15, -0.1) is 11.6 Å². The van der Waals surface area contributed by atoms with Gasteiger partial charge >= 0.3 is 0 Å². The summed E-state index contributed by atoms with van der Waals surface area (Å²) in [5, 5.41) is 13.3. The Morgan fingerprint density at radius 2 is 1.17 bits per heavy atom. The van der Waals surface area contributed by atoms with Crippen LogP contribution in [0.3, 0.4) is 0 Å². The molecule has 0 saturated carbocycles. The van der Waals surface area contributed by atoms with Gasteiger partial charge < -0.3 is 35.7 Å². The molecule has 0 atom stereocenters. The van der Waals surface area contributed by atoms with Gasteiger partial charge in [0, 0.05) is 52.6 Å². The van der Waals surface area contributed by atoms with Crippen LogP contribution in [0.1, 0.15) is 59.3 Å². The van der Waals surface area contributed by atoms with E-state index in [4.69, 9.17) is 36.7 Å². The van der Waals surface area contributed by atoms with Crippen LogP contribution in [-0.4, -0.2) is 91.0 Å². The molecule has 0 amide bonds. The molecule has 0 rings (SSSR count). The summed E-state index contributed by atoms with van der Waals surface area (Å²) in [4.78, 5) is 0. The van der Waals surface area contributed by atoms with E-state index in [-0.39, 0.29) is 0 Å². The Morgan fingerprint density at radius 3 is 1.60 bits per heavy atom. The van der Waals surface area contributed by atoms with Crippen molar-refractivity contribution in [3.05, 3.63) is 0 Å². The zero-order valence-electron chi connectivity index (χ0n) is 20.6. The van der Waals surface area contributed by atoms with Gasteiger partial charge in [0.05, 0.1) is 0 Å². The van der Waals surface area contributed by atoms with Crippen molar-refractivity contribution in [1.82, 2.24) is 10.6 Å². The van der Waals surface area contributed by atoms with E-state index in [0.717, 1.165) is 97.9 Å². The van der Waals surface area contributed by atoms with Gasteiger partial charge in [-0.1, -0.05) is 27.2 Å². The quantitative estimate of drug-likeness (QED) is 0.174. The number of ether oxygens (including phenoxy) is 3. The number of nitrogens with one attached hydrogen (secondary N) is 2. The second kappa shape index (κ2) is 47.0. The normalized spacial score (nSPS) is 9.60. The maximum atomic E-state index is 7.00. The molecule has 30 heavy (non-hydrogen) atoms. The molecule has 0 aromatic carbocycles. The van der Waals surface area contributed by atoms with Crippen molar-refractivity contribution in [2.45, 2.75) is 59.3 Å². The Morgan fingerprint density at radius 1 is 0.733 bits per heavy atom. The van der Waals surface area contributed by atoms with Crippen molar-refractivity contribution in [1.29, 1.82) is 0 Å². The van der Waals surface area contributed by atoms with Crippen molar-refractivity contribution in [3.63, 3.8) is 0 Å². The molecule has 7 nitrogen and oxygen atoms in total. The number of nitrogens with two attached hydrogens (primary N) is 1. The van der Waals surface area contributed by atoms with E-state index in [1.165, 1.54) is 12.8 Å². The molecule has 8 heteroatoms. The summed E-state index contributed by atoms with van der Waals surface area (Å²) in [7, 11) is 2.95. The summed E-state index contributed by atoms with van der Waals surface area (Å²) in [6.45, 7) is 15.1. The molecule has 188 valence electrons. The lowest BCUT2D eigenvalue weighted by Crippen LogP contribution is -2.15. The molecule has 0 aliphatic carbocycles. The van der Waals surface area contributed by atoms with Crippen LogP contribution >= 0.6 is 11.6 Å². The molecule has 0 unspecified atom stereocenters. The number of aliphatic hydroxyl groups excluding tert-OH is 1. The van der Waals surface area contributed by atoms with Gasteiger partial charge in [0.2, 0.25) is 0 Å². The average Bonchev–Trinajstić information content (AvgIpc) is 2.77. The van der Waals surface area contributed by atoms with Crippen LogP contribution in [0.25, 0.3) is 0 Å². The summed E-state index contributed by atoms with van der Waals surface area (Å²) in [6.07, 6.45) is 6.56. The van der Waals surface area contributed by atoms with Gasteiger partial charge in [0.15, 0.2) is 0 Å². The van der Waals surface area contributed by atoms with Crippen LogP contribution in [0.5, 0.6) is 0 Å². The maximum absolute atomic E-state index is 7.00. The molecule has 0 radical (unpaired) electrons. The summed E-state index contributed by atoms with van der Waals surface area (Å²) >= 11 is 5.00. The molecular formula is C22H54ClN3O4. The number of rotatable bonds is 19. The number of aliphatic hydroxyl groups is 1. The fourth-order valence-electron chi connectivity index (χ4n) is 1.83. The maximum Gasteiger partial charge on any atom is 0.0487 e. The first kappa shape index (κ1) is 37.3. The van der Waals surface area contributed by atoms with E-state index in [1.807, 2.05) is 14.0 Å². The van der Waals surface area contributed by atoms with Crippen molar-refractivity contribution in [2.24, 2.45) is 5.73 Å². The fourth-order valence-corrected chi connectivity index (χ4v) is 1.83. The van der Waals surface area contributed by atoms with Crippen LogP contribution in [-0.2, 0) is 14.2 Å². The molecule has 0 heterocycles. The highest BCUT2D eigenvalue weighted by Crippen LogP contribution is 1.89. The van der Waals surface area contributed by atoms with Crippen LogP contribution < -0.4 is 16.4 Å². The molecule has 0 bridgehead atoms. The van der Waals surface area contributed by atoms with E-state index >= 15 is 0 Å². The molecule has 0 fully saturated rings. The molecule has 0 aromatic rings. The molecule has 0 spiro atoms. The SMILES string of the molecule is CCCCOCCCNCC.CCCl.CNCCCOCCCOCCCN.CO. The first-order valence-corrected chi connectivity index (χ1v) is 12.1. The molecule has 0 aliphatic rings. The third-order valence-electron chi connectivity index (χ3n) is 3.32. The third kappa shape index (κ3) is 56.5. The molecular weight excluding hydrogens is 406 g/mol. The smallest absolute Gasteiger partial charge is 0.0487 e. The topological polar surface area (TPSA) is 98.0 Å². The number of unbranched alkanes of at least 4 members (excludes halogenated alkanes) is 1. The summed E-state index contributed by atoms with van der Waals surface area (Å²) < 4.78 is 16.1. The van der Waals surface area contributed by atoms with Crippen molar-refractivity contribution < 1.29 is 19.3 Å². The Hall–Kier alpha value is 0.01000. The van der Waals surface area contributed by atoms with Gasteiger partial charge in [-0.25, -0.2) is 0 Å². The zero-order chi connectivity index (χ0) is 23.6.